The van der Waals surface area contributed by atoms with Crippen LogP contribution < -0.4 is 5.32 Å². The van der Waals surface area contributed by atoms with E-state index in [1.54, 1.807) is 0 Å². The molecule has 0 bridgehead atoms. The summed E-state index contributed by atoms with van der Waals surface area (Å²) in [6, 6.07) is 7.85. The highest BCUT2D eigenvalue weighted by atomic mass is 35.5. The van der Waals surface area contributed by atoms with Gasteiger partial charge in [-0.15, -0.1) is 12.4 Å². The Labute approximate surface area is 125 Å². The van der Waals surface area contributed by atoms with Gasteiger partial charge in [-0.05, 0) is 30.5 Å². The molecular formula is C14H20Cl2N2O. The average molecular weight is 303 g/mol. The highest BCUT2D eigenvalue weighted by molar-refractivity contribution is 6.30. The zero-order valence-corrected chi connectivity index (χ0v) is 12.5. The van der Waals surface area contributed by atoms with Crippen molar-refractivity contribution in [3.63, 3.8) is 0 Å². The number of amides is 1. The second kappa shape index (κ2) is 8.41. The van der Waals surface area contributed by atoms with E-state index in [9.17, 15) is 4.79 Å². The molecule has 1 aromatic rings. The second-order valence-electron chi connectivity index (χ2n) is 4.61. The number of nitrogens with one attached hydrogen (secondary N) is 1. The number of rotatable bonds is 4. The van der Waals surface area contributed by atoms with Crippen LogP contribution in [0.4, 0.5) is 0 Å². The first-order valence-corrected chi connectivity index (χ1v) is 6.86. The highest BCUT2D eigenvalue weighted by Gasteiger charge is 2.15. The van der Waals surface area contributed by atoms with Crippen LogP contribution in [-0.2, 0) is 11.2 Å². The molecule has 0 atom stereocenters. The fourth-order valence-electron chi connectivity index (χ4n) is 2.17. The molecule has 19 heavy (non-hydrogen) atoms. The summed E-state index contributed by atoms with van der Waals surface area (Å²) in [5.41, 5.74) is 1.24. The molecule has 1 aliphatic heterocycles. The molecule has 1 amide bonds. The largest absolute Gasteiger partial charge is 0.340 e. The lowest BCUT2D eigenvalue weighted by Gasteiger charge is -2.27. The fraction of sp³-hybridized carbons (Fsp3) is 0.500. The SMILES string of the molecule is Cl.O=C(CCCc1ccc(Cl)cc1)N1CCNCC1. The van der Waals surface area contributed by atoms with E-state index in [0.29, 0.717) is 6.42 Å². The summed E-state index contributed by atoms with van der Waals surface area (Å²) >= 11 is 5.83. The minimum absolute atomic E-state index is 0. The third-order valence-electron chi connectivity index (χ3n) is 3.24. The minimum atomic E-state index is 0. The zero-order valence-electron chi connectivity index (χ0n) is 10.9. The molecule has 0 unspecified atom stereocenters. The fourth-order valence-corrected chi connectivity index (χ4v) is 2.29. The van der Waals surface area contributed by atoms with Crippen molar-refractivity contribution in [3.8, 4) is 0 Å². The summed E-state index contributed by atoms with van der Waals surface area (Å²) in [5.74, 6) is 0.283. The lowest BCUT2D eigenvalue weighted by atomic mass is 10.1. The smallest absolute Gasteiger partial charge is 0.222 e. The molecule has 3 nitrogen and oxygen atoms in total. The summed E-state index contributed by atoms with van der Waals surface area (Å²) in [6.07, 6.45) is 2.49. The molecule has 1 saturated heterocycles. The van der Waals surface area contributed by atoms with Gasteiger partial charge in [0, 0.05) is 37.6 Å². The molecular weight excluding hydrogens is 283 g/mol. The van der Waals surface area contributed by atoms with Gasteiger partial charge >= 0.3 is 0 Å². The van der Waals surface area contributed by atoms with Gasteiger partial charge in [-0.25, -0.2) is 0 Å². The molecule has 0 saturated carbocycles. The number of carbonyl (C=O) groups excluding carboxylic acids is 1. The summed E-state index contributed by atoms with van der Waals surface area (Å²) in [5, 5.41) is 4.01. The van der Waals surface area contributed by atoms with Gasteiger partial charge in [0.05, 0.1) is 0 Å². The monoisotopic (exact) mass is 302 g/mol. The van der Waals surface area contributed by atoms with Gasteiger partial charge in [0.2, 0.25) is 5.91 Å². The lowest BCUT2D eigenvalue weighted by Crippen LogP contribution is -2.46. The number of piperazine rings is 1. The van der Waals surface area contributed by atoms with Crippen molar-refractivity contribution >= 4 is 29.9 Å². The van der Waals surface area contributed by atoms with E-state index in [1.807, 2.05) is 29.2 Å². The second-order valence-corrected chi connectivity index (χ2v) is 5.05. The average Bonchev–Trinajstić information content (AvgIpc) is 2.42. The van der Waals surface area contributed by atoms with Crippen LogP contribution in [0.15, 0.2) is 24.3 Å². The number of aryl methyl sites for hydroxylation is 1. The van der Waals surface area contributed by atoms with Crippen LogP contribution in [0.3, 0.4) is 0 Å². The molecule has 0 radical (unpaired) electrons. The Kier molecular flexibility index (Phi) is 7.21. The molecule has 5 heteroatoms. The van der Waals surface area contributed by atoms with Crippen LogP contribution in [0.25, 0.3) is 0 Å². The number of carbonyl (C=O) groups is 1. The van der Waals surface area contributed by atoms with Gasteiger partial charge in [-0.1, -0.05) is 23.7 Å². The Balaban J connectivity index is 0.00000180. The molecule has 1 aliphatic rings. The molecule has 1 fully saturated rings. The van der Waals surface area contributed by atoms with Gasteiger partial charge < -0.3 is 10.2 Å². The number of halogens is 2. The van der Waals surface area contributed by atoms with Gasteiger partial charge in [0.15, 0.2) is 0 Å². The molecule has 1 aromatic carbocycles. The van der Waals surface area contributed by atoms with E-state index in [4.69, 9.17) is 11.6 Å². The van der Waals surface area contributed by atoms with E-state index in [1.165, 1.54) is 5.56 Å². The Morgan fingerprint density at radius 1 is 1.21 bits per heavy atom. The highest BCUT2D eigenvalue weighted by Crippen LogP contribution is 2.12. The van der Waals surface area contributed by atoms with Crippen molar-refractivity contribution in [2.75, 3.05) is 26.2 Å². The molecule has 106 valence electrons. The van der Waals surface area contributed by atoms with Crippen molar-refractivity contribution in [2.24, 2.45) is 0 Å². The molecule has 1 heterocycles. The van der Waals surface area contributed by atoms with Crippen LogP contribution in [0.1, 0.15) is 18.4 Å². The first-order valence-electron chi connectivity index (χ1n) is 6.48. The maximum absolute atomic E-state index is 11.9. The van der Waals surface area contributed by atoms with Crippen molar-refractivity contribution in [2.45, 2.75) is 19.3 Å². The molecule has 0 aliphatic carbocycles. The Bertz CT molecular complexity index is 389. The lowest BCUT2D eigenvalue weighted by molar-refractivity contribution is -0.131. The van der Waals surface area contributed by atoms with E-state index < -0.39 is 0 Å². The summed E-state index contributed by atoms with van der Waals surface area (Å²) in [6.45, 7) is 3.53. The number of hydrogen-bond donors (Lipinski definition) is 1. The van der Waals surface area contributed by atoms with Crippen LogP contribution in [0.2, 0.25) is 5.02 Å². The Morgan fingerprint density at radius 2 is 1.84 bits per heavy atom. The normalized spacial score (nSPS) is 14.9. The number of hydrogen-bond acceptors (Lipinski definition) is 2. The predicted molar refractivity (Wildman–Crippen MR) is 81.1 cm³/mol. The summed E-state index contributed by atoms with van der Waals surface area (Å²) in [7, 11) is 0. The molecule has 2 rings (SSSR count). The zero-order chi connectivity index (χ0) is 12.8. The van der Waals surface area contributed by atoms with Gasteiger partial charge in [0.1, 0.15) is 0 Å². The van der Waals surface area contributed by atoms with Crippen LogP contribution in [0.5, 0.6) is 0 Å². The third-order valence-corrected chi connectivity index (χ3v) is 3.49. The van der Waals surface area contributed by atoms with E-state index in [-0.39, 0.29) is 18.3 Å². The Morgan fingerprint density at radius 3 is 2.47 bits per heavy atom. The third kappa shape index (κ3) is 5.39. The van der Waals surface area contributed by atoms with E-state index in [2.05, 4.69) is 5.32 Å². The first kappa shape index (κ1) is 16.3. The topological polar surface area (TPSA) is 32.3 Å². The molecule has 0 aromatic heterocycles. The van der Waals surface area contributed by atoms with Crippen molar-refractivity contribution in [1.82, 2.24) is 10.2 Å². The standard InChI is InChI=1S/C14H19ClN2O.ClH/c15-13-6-4-12(5-7-13)2-1-3-14(18)17-10-8-16-9-11-17;/h4-7,16H,1-3,8-11H2;1H. The van der Waals surface area contributed by atoms with E-state index in [0.717, 1.165) is 44.0 Å². The minimum Gasteiger partial charge on any atom is -0.340 e. The van der Waals surface area contributed by atoms with Crippen molar-refractivity contribution in [3.05, 3.63) is 34.9 Å². The van der Waals surface area contributed by atoms with Crippen molar-refractivity contribution < 1.29 is 4.79 Å². The number of benzene rings is 1. The first-order chi connectivity index (χ1) is 8.75. The summed E-state index contributed by atoms with van der Waals surface area (Å²) < 4.78 is 0. The van der Waals surface area contributed by atoms with Crippen LogP contribution >= 0.6 is 24.0 Å². The number of nitrogens with zero attached hydrogens (tertiary/aromatic N) is 1. The molecule has 1 N–H and O–H groups in total. The van der Waals surface area contributed by atoms with Crippen LogP contribution in [-0.4, -0.2) is 37.0 Å². The maximum Gasteiger partial charge on any atom is 0.222 e. The maximum atomic E-state index is 11.9. The van der Waals surface area contributed by atoms with E-state index >= 15 is 0 Å². The Hall–Kier alpha value is -0.770. The summed E-state index contributed by atoms with van der Waals surface area (Å²) in [4.78, 5) is 13.9. The van der Waals surface area contributed by atoms with Crippen molar-refractivity contribution in [1.29, 1.82) is 0 Å². The van der Waals surface area contributed by atoms with Gasteiger partial charge in [-0.3, -0.25) is 4.79 Å². The molecule has 0 spiro atoms. The van der Waals surface area contributed by atoms with Gasteiger partial charge in [0.25, 0.3) is 0 Å². The van der Waals surface area contributed by atoms with Gasteiger partial charge in [-0.2, -0.15) is 0 Å². The van der Waals surface area contributed by atoms with Crippen LogP contribution in [0, 0.1) is 0 Å². The quantitative estimate of drug-likeness (QED) is 0.927. The predicted octanol–water partition coefficient (Wildman–Crippen LogP) is 2.52.